The van der Waals surface area contributed by atoms with E-state index in [4.69, 9.17) is 0 Å². The van der Waals surface area contributed by atoms with Crippen molar-refractivity contribution in [1.29, 1.82) is 0 Å². The van der Waals surface area contributed by atoms with Crippen LogP contribution in [0.3, 0.4) is 0 Å². The SMILES string of the molecule is CC(C)CC(O)C(O)[C@@H](C)[C@H]1CC[C@H]2[C@@H]3CCC4CC(O)C(O)C[C@]4(C)[C@H]3CC[C@]12C. The van der Waals surface area contributed by atoms with Crippen LogP contribution in [-0.4, -0.2) is 44.8 Å². The Kier molecular flexibility index (Phi) is 6.62. The molecule has 5 unspecified atom stereocenters. The molecular weight excluding hydrogens is 388 g/mol. The summed E-state index contributed by atoms with van der Waals surface area (Å²) in [6, 6.07) is 0. The number of rotatable bonds is 5. The smallest absolute Gasteiger partial charge is 0.0827 e. The minimum atomic E-state index is -0.635. The fraction of sp³-hybridized carbons (Fsp3) is 1.00. The van der Waals surface area contributed by atoms with Gasteiger partial charge in [0.1, 0.15) is 0 Å². The molecule has 0 aromatic carbocycles. The van der Waals surface area contributed by atoms with Crippen LogP contribution in [0.25, 0.3) is 0 Å². The van der Waals surface area contributed by atoms with Gasteiger partial charge in [-0.25, -0.2) is 0 Å². The monoisotopic (exact) mass is 436 g/mol. The standard InChI is InChI=1S/C27H48O4/c1-15(2)12-23(29)25(31)16(3)19-8-9-20-18-7-6-17-13-22(28)24(30)14-27(17,5)21(18)10-11-26(19,20)4/h15-25,28-31H,6-14H2,1-5H3/t16-,17?,18-,19+,20-,21-,22?,23?,24?,25?,26+,27-/m0/s1. The molecule has 0 spiro atoms. The Labute approximate surface area is 189 Å². The molecule has 0 aromatic rings. The van der Waals surface area contributed by atoms with Crippen molar-refractivity contribution in [2.45, 2.75) is 117 Å². The maximum Gasteiger partial charge on any atom is 0.0827 e. The van der Waals surface area contributed by atoms with E-state index in [9.17, 15) is 20.4 Å². The summed E-state index contributed by atoms with van der Waals surface area (Å²) in [7, 11) is 0. The van der Waals surface area contributed by atoms with Gasteiger partial charge in [-0.1, -0.05) is 34.6 Å². The van der Waals surface area contributed by atoms with Crippen molar-refractivity contribution in [3.8, 4) is 0 Å². The molecule has 0 bridgehead atoms. The Hall–Kier alpha value is -0.160. The summed E-state index contributed by atoms with van der Waals surface area (Å²) >= 11 is 0. The summed E-state index contributed by atoms with van der Waals surface area (Å²) in [5.74, 6) is 3.57. The molecule has 0 radical (unpaired) electrons. The van der Waals surface area contributed by atoms with Gasteiger partial charge in [0.05, 0.1) is 24.4 Å². The molecule has 4 rings (SSSR count). The lowest BCUT2D eigenvalue weighted by Crippen LogP contribution is -2.57. The predicted molar refractivity (Wildman–Crippen MR) is 123 cm³/mol. The second-order valence-electron chi connectivity index (χ2n) is 13.0. The molecule has 12 atom stereocenters. The first kappa shape index (κ1) is 24.0. The fourth-order valence-corrected chi connectivity index (χ4v) is 9.39. The molecule has 4 fully saturated rings. The van der Waals surface area contributed by atoms with Gasteiger partial charge in [0.15, 0.2) is 0 Å². The van der Waals surface area contributed by atoms with E-state index < -0.39 is 24.4 Å². The molecule has 180 valence electrons. The minimum absolute atomic E-state index is 0.124. The third-order valence-corrected chi connectivity index (χ3v) is 11.0. The molecular formula is C27H48O4. The minimum Gasteiger partial charge on any atom is -0.390 e. The van der Waals surface area contributed by atoms with Crippen molar-refractivity contribution >= 4 is 0 Å². The van der Waals surface area contributed by atoms with E-state index >= 15 is 0 Å². The molecule has 31 heavy (non-hydrogen) atoms. The lowest BCUT2D eigenvalue weighted by atomic mass is 9.44. The molecule has 0 amide bonds. The van der Waals surface area contributed by atoms with Crippen LogP contribution in [0.4, 0.5) is 0 Å². The highest BCUT2D eigenvalue weighted by molar-refractivity contribution is 5.11. The quantitative estimate of drug-likeness (QED) is 0.515. The second kappa shape index (κ2) is 8.56. The summed E-state index contributed by atoms with van der Waals surface area (Å²) in [5.41, 5.74) is 0.397. The first-order chi connectivity index (χ1) is 14.5. The van der Waals surface area contributed by atoms with Gasteiger partial charge >= 0.3 is 0 Å². The maximum absolute atomic E-state index is 11.0. The van der Waals surface area contributed by atoms with Crippen molar-refractivity contribution in [2.75, 3.05) is 0 Å². The van der Waals surface area contributed by atoms with E-state index in [2.05, 4.69) is 34.6 Å². The van der Waals surface area contributed by atoms with Crippen LogP contribution < -0.4 is 0 Å². The van der Waals surface area contributed by atoms with Gasteiger partial charge < -0.3 is 20.4 Å². The Bertz CT molecular complexity index is 637. The van der Waals surface area contributed by atoms with Gasteiger partial charge in [0.2, 0.25) is 0 Å². The van der Waals surface area contributed by atoms with E-state index in [1.807, 2.05) is 0 Å². The first-order valence-electron chi connectivity index (χ1n) is 13.2. The number of hydrogen-bond donors (Lipinski definition) is 4. The molecule has 4 N–H and O–H groups in total. The number of hydrogen-bond acceptors (Lipinski definition) is 4. The van der Waals surface area contributed by atoms with Crippen molar-refractivity contribution in [1.82, 2.24) is 0 Å². The Morgan fingerprint density at radius 1 is 0.839 bits per heavy atom. The van der Waals surface area contributed by atoms with E-state index in [1.54, 1.807) is 0 Å². The molecule has 4 saturated carbocycles. The summed E-state index contributed by atoms with van der Waals surface area (Å²) < 4.78 is 0. The summed E-state index contributed by atoms with van der Waals surface area (Å²) in [6.07, 6.45) is 7.07. The van der Waals surface area contributed by atoms with Crippen LogP contribution in [0.2, 0.25) is 0 Å². The van der Waals surface area contributed by atoms with Gasteiger partial charge in [-0.15, -0.1) is 0 Å². The van der Waals surface area contributed by atoms with Crippen molar-refractivity contribution in [2.24, 2.45) is 52.3 Å². The normalized spacial score (nSPS) is 50.3. The van der Waals surface area contributed by atoms with Gasteiger partial charge in [-0.05, 0) is 110 Å². The van der Waals surface area contributed by atoms with Crippen molar-refractivity contribution in [3.63, 3.8) is 0 Å². The van der Waals surface area contributed by atoms with E-state index in [-0.39, 0.29) is 16.7 Å². The van der Waals surface area contributed by atoms with E-state index in [0.717, 1.165) is 12.8 Å². The molecule has 0 aromatic heterocycles. The summed E-state index contributed by atoms with van der Waals surface area (Å²) in [4.78, 5) is 0. The van der Waals surface area contributed by atoms with Crippen LogP contribution in [0.5, 0.6) is 0 Å². The molecule has 4 nitrogen and oxygen atoms in total. The Balaban J connectivity index is 1.51. The third kappa shape index (κ3) is 3.92. The average Bonchev–Trinajstić information content (AvgIpc) is 3.04. The summed E-state index contributed by atoms with van der Waals surface area (Å²) in [5, 5.41) is 42.4. The van der Waals surface area contributed by atoms with Crippen molar-refractivity contribution < 1.29 is 20.4 Å². The molecule has 4 aliphatic rings. The average molecular weight is 437 g/mol. The van der Waals surface area contributed by atoms with Gasteiger partial charge in [-0.2, -0.15) is 0 Å². The number of aliphatic hydroxyl groups is 4. The zero-order valence-corrected chi connectivity index (χ0v) is 20.5. The van der Waals surface area contributed by atoms with Gasteiger partial charge in [0.25, 0.3) is 0 Å². The molecule has 0 aliphatic heterocycles. The molecule has 4 heteroatoms. The lowest BCUT2D eigenvalue weighted by molar-refractivity contribution is -0.163. The lowest BCUT2D eigenvalue weighted by Gasteiger charge is -2.61. The highest BCUT2D eigenvalue weighted by atomic mass is 16.3. The van der Waals surface area contributed by atoms with E-state index in [0.29, 0.717) is 41.9 Å². The maximum atomic E-state index is 11.0. The molecule has 4 aliphatic carbocycles. The van der Waals surface area contributed by atoms with Crippen LogP contribution in [0.15, 0.2) is 0 Å². The highest BCUT2D eigenvalue weighted by Gasteiger charge is 2.61. The predicted octanol–water partition coefficient (Wildman–Crippen LogP) is 4.38. The second-order valence-corrected chi connectivity index (χ2v) is 13.0. The number of fused-ring (bicyclic) bond motifs is 5. The van der Waals surface area contributed by atoms with Crippen LogP contribution in [0, 0.1) is 52.3 Å². The van der Waals surface area contributed by atoms with Crippen molar-refractivity contribution in [3.05, 3.63) is 0 Å². The zero-order valence-electron chi connectivity index (χ0n) is 20.5. The third-order valence-electron chi connectivity index (χ3n) is 11.0. The topological polar surface area (TPSA) is 80.9 Å². The Morgan fingerprint density at radius 3 is 2.19 bits per heavy atom. The zero-order chi connectivity index (χ0) is 22.7. The van der Waals surface area contributed by atoms with Crippen LogP contribution >= 0.6 is 0 Å². The van der Waals surface area contributed by atoms with Crippen LogP contribution in [-0.2, 0) is 0 Å². The molecule has 0 saturated heterocycles. The van der Waals surface area contributed by atoms with Gasteiger partial charge in [0, 0.05) is 0 Å². The molecule has 0 heterocycles. The van der Waals surface area contributed by atoms with Gasteiger partial charge in [-0.3, -0.25) is 0 Å². The largest absolute Gasteiger partial charge is 0.390 e. The number of aliphatic hydroxyl groups excluding tert-OH is 4. The first-order valence-corrected chi connectivity index (χ1v) is 13.2. The highest BCUT2D eigenvalue weighted by Crippen LogP contribution is 2.68. The van der Waals surface area contributed by atoms with E-state index in [1.165, 1.54) is 38.5 Å². The Morgan fingerprint density at radius 2 is 1.52 bits per heavy atom. The summed E-state index contributed by atoms with van der Waals surface area (Å²) in [6.45, 7) is 11.3. The fourth-order valence-electron chi connectivity index (χ4n) is 9.39. The van der Waals surface area contributed by atoms with Crippen LogP contribution in [0.1, 0.15) is 92.4 Å².